The number of benzene rings is 1. The average molecular weight is 308 g/mol. The summed E-state index contributed by atoms with van der Waals surface area (Å²) in [6, 6.07) is 5.55. The highest BCUT2D eigenvalue weighted by Gasteiger charge is 2.39. The average Bonchev–Trinajstić information content (AvgIpc) is 3.08. The van der Waals surface area contributed by atoms with Crippen molar-refractivity contribution in [2.45, 2.75) is 25.7 Å². The third-order valence-corrected chi connectivity index (χ3v) is 5.38. The van der Waals surface area contributed by atoms with Crippen LogP contribution in [0.4, 0.5) is 5.69 Å². The lowest BCUT2D eigenvalue weighted by Crippen LogP contribution is -2.30. The molecule has 5 heteroatoms. The molecular formula is C16H22ClN3O. The fourth-order valence-corrected chi connectivity index (χ4v) is 4.32. The minimum atomic E-state index is 0.104. The van der Waals surface area contributed by atoms with Crippen LogP contribution in [0.15, 0.2) is 23.4 Å². The molecule has 2 bridgehead atoms. The van der Waals surface area contributed by atoms with E-state index >= 15 is 0 Å². The summed E-state index contributed by atoms with van der Waals surface area (Å²) in [5.41, 5.74) is 7.45. The van der Waals surface area contributed by atoms with Gasteiger partial charge < -0.3 is 15.8 Å². The van der Waals surface area contributed by atoms with Crippen molar-refractivity contribution in [3.63, 3.8) is 0 Å². The SMILES string of the molecule is CN(CC1CC2CCC1C2)c1ccc(Cl)cc1C(N)=NO. The first kappa shape index (κ1) is 14.5. The predicted molar refractivity (Wildman–Crippen MR) is 86.2 cm³/mol. The van der Waals surface area contributed by atoms with Crippen LogP contribution >= 0.6 is 11.6 Å². The summed E-state index contributed by atoms with van der Waals surface area (Å²) in [5, 5.41) is 12.7. The number of anilines is 1. The Morgan fingerprint density at radius 2 is 2.24 bits per heavy atom. The smallest absolute Gasteiger partial charge is 0.172 e. The Bertz CT molecular complexity index is 560. The van der Waals surface area contributed by atoms with Gasteiger partial charge in [0.05, 0.1) is 0 Å². The number of nitrogens with two attached hydrogens (primary N) is 1. The maximum absolute atomic E-state index is 8.96. The number of oxime groups is 1. The van der Waals surface area contributed by atoms with Gasteiger partial charge in [-0.05, 0) is 55.2 Å². The van der Waals surface area contributed by atoms with Crippen LogP contribution in [0.5, 0.6) is 0 Å². The molecule has 0 aliphatic heterocycles. The first-order chi connectivity index (χ1) is 10.1. The van der Waals surface area contributed by atoms with E-state index in [0.717, 1.165) is 30.0 Å². The molecular weight excluding hydrogens is 286 g/mol. The zero-order valence-electron chi connectivity index (χ0n) is 12.3. The zero-order valence-corrected chi connectivity index (χ0v) is 13.1. The van der Waals surface area contributed by atoms with Crippen LogP contribution in [0.3, 0.4) is 0 Å². The van der Waals surface area contributed by atoms with Crippen molar-refractivity contribution in [1.82, 2.24) is 0 Å². The molecule has 3 unspecified atom stereocenters. The van der Waals surface area contributed by atoms with Crippen molar-refractivity contribution in [3.8, 4) is 0 Å². The highest BCUT2D eigenvalue weighted by molar-refractivity contribution is 6.31. The summed E-state index contributed by atoms with van der Waals surface area (Å²) in [6.07, 6.45) is 5.56. The number of hydrogen-bond donors (Lipinski definition) is 2. The third kappa shape index (κ3) is 2.82. The van der Waals surface area contributed by atoms with Crippen molar-refractivity contribution in [3.05, 3.63) is 28.8 Å². The minimum absolute atomic E-state index is 0.104. The summed E-state index contributed by atoms with van der Waals surface area (Å²) in [6.45, 7) is 1.02. The molecule has 2 fully saturated rings. The summed E-state index contributed by atoms with van der Waals surface area (Å²) in [7, 11) is 2.07. The van der Waals surface area contributed by atoms with Crippen LogP contribution < -0.4 is 10.6 Å². The van der Waals surface area contributed by atoms with Gasteiger partial charge in [0.15, 0.2) is 5.84 Å². The molecule has 2 aliphatic carbocycles. The Morgan fingerprint density at radius 3 is 2.86 bits per heavy atom. The van der Waals surface area contributed by atoms with Crippen molar-refractivity contribution >= 4 is 23.1 Å². The van der Waals surface area contributed by atoms with Gasteiger partial charge in [-0.2, -0.15) is 0 Å². The second kappa shape index (κ2) is 5.76. The molecule has 3 atom stereocenters. The lowest BCUT2D eigenvalue weighted by Gasteiger charge is -2.29. The normalized spacial score (nSPS) is 28.1. The van der Waals surface area contributed by atoms with Crippen molar-refractivity contribution in [1.29, 1.82) is 0 Å². The van der Waals surface area contributed by atoms with Crippen LogP contribution in [0, 0.1) is 17.8 Å². The number of rotatable bonds is 4. The summed E-state index contributed by atoms with van der Waals surface area (Å²) in [4.78, 5) is 2.22. The van der Waals surface area contributed by atoms with Gasteiger partial charge in [0, 0.05) is 29.9 Å². The Balaban J connectivity index is 1.79. The molecule has 0 spiro atoms. The molecule has 3 N–H and O–H groups in total. The lowest BCUT2D eigenvalue weighted by atomic mass is 9.88. The monoisotopic (exact) mass is 307 g/mol. The van der Waals surface area contributed by atoms with E-state index in [1.807, 2.05) is 12.1 Å². The van der Waals surface area contributed by atoms with Crippen LogP contribution in [-0.2, 0) is 0 Å². The summed E-state index contributed by atoms with van der Waals surface area (Å²) >= 11 is 6.03. The van der Waals surface area contributed by atoms with E-state index in [-0.39, 0.29) is 5.84 Å². The number of amidine groups is 1. The maximum atomic E-state index is 8.96. The Labute approximate surface area is 130 Å². The van der Waals surface area contributed by atoms with Crippen LogP contribution in [0.25, 0.3) is 0 Å². The molecule has 2 saturated carbocycles. The van der Waals surface area contributed by atoms with Gasteiger partial charge in [0.1, 0.15) is 0 Å². The largest absolute Gasteiger partial charge is 0.409 e. The molecule has 1 aromatic rings. The Kier molecular flexibility index (Phi) is 3.98. The van der Waals surface area contributed by atoms with E-state index in [4.69, 9.17) is 22.5 Å². The minimum Gasteiger partial charge on any atom is -0.409 e. The number of halogens is 1. The lowest BCUT2D eigenvalue weighted by molar-refractivity contribution is 0.318. The first-order valence-electron chi connectivity index (χ1n) is 7.57. The Morgan fingerprint density at radius 1 is 1.43 bits per heavy atom. The molecule has 0 heterocycles. The molecule has 0 saturated heterocycles. The van der Waals surface area contributed by atoms with Gasteiger partial charge in [0.2, 0.25) is 0 Å². The molecule has 3 rings (SSSR count). The fourth-order valence-electron chi connectivity index (χ4n) is 4.15. The molecule has 0 amide bonds. The summed E-state index contributed by atoms with van der Waals surface area (Å²) < 4.78 is 0. The zero-order chi connectivity index (χ0) is 15.0. The quantitative estimate of drug-likeness (QED) is 0.388. The highest BCUT2D eigenvalue weighted by atomic mass is 35.5. The number of fused-ring (bicyclic) bond motifs is 2. The summed E-state index contributed by atoms with van der Waals surface area (Å²) in [5.74, 6) is 2.70. The maximum Gasteiger partial charge on any atom is 0.172 e. The highest BCUT2D eigenvalue weighted by Crippen LogP contribution is 2.48. The van der Waals surface area contributed by atoms with E-state index in [1.165, 1.54) is 25.7 Å². The van der Waals surface area contributed by atoms with E-state index in [0.29, 0.717) is 10.6 Å². The second-order valence-electron chi connectivity index (χ2n) is 6.46. The van der Waals surface area contributed by atoms with Gasteiger partial charge in [-0.3, -0.25) is 0 Å². The van der Waals surface area contributed by atoms with E-state index in [2.05, 4.69) is 17.1 Å². The molecule has 0 radical (unpaired) electrons. The third-order valence-electron chi connectivity index (χ3n) is 5.15. The number of nitrogens with zero attached hydrogens (tertiary/aromatic N) is 2. The van der Waals surface area contributed by atoms with Crippen molar-refractivity contribution in [2.75, 3.05) is 18.5 Å². The standard InChI is InChI=1S/C16H22ClN3O/c1-20(9-12-7-10-2-3-11(12)6-10)15-5-4-13(17)8-14(15)16(18)19-21/h4-5,8,10-12,21H,2-3,6-7,9H2,1H3,(H2,18,19). The molecule has 4 nitrogen and oxygen atoms in total. The number of hydrogen-bond acceptors (Lipinski definition) is 3. The van der Waals surface area contributed by atoms with E-state index in [9.17, 15) is 0 Å². The molecule has 21 heavy (non-hydrogen) atoms. The van der Waals surface area contributed by atoms with Crippen LogP contribution in [0.2, 0.25) is 5.02 Å². The van der Waals surface area contributed by atoms with Gasteiger partial charge in [-0.25, -0.2) is 0 Å². The molecule has 0 aromatic heterocycles. The van der Waals surface area contributed by atoms with Gasteiger partial charge in [-0.15, -0.1) is 0 Å². The van der Waals surface area contributed by atoms with Gasteiger partial charge in [0.25, 0.3) is 0 Å². The molecule has 2 aliphatic rings. The molecule has 114 valence electrons. The van der Waals surface area contributed by atoms with Crippen LogP contribution in [0.1, 0.15) is 31.2 Å². The van der Waals surface area contributed by atoms with Gasteiger partial charge >= 0.3 is 0 Å². The Hall–Kier alpha value is -1.42. The predicted octanol–water partition coefficient (Wildman–Crippen LogP) is 3.31. The van der Waals surface area contributed by atoms with Crippen LogP contribution in [-0.4, -0.2) is 24.6 Å². The second-order valence-corrected chi connectivity index (χ2v) is 6.90. The van der Waals surface area contributed by atoms with Crippen molar-refractivity contribution in [2.24, 2.45) is 28.6 Å². The van der Waals surface area contributed by atoms with E-state index < -0.39 is 0 Å². The molecule has 1 aromatic carbocycles. The topological polar surface area (TPSA) is 61.8 Å². The fraction of sp³-hybridized carbons (Fsp3) is 0.562. The van der Waals surface area contributed by atoms with Gasteiger partial charge in [-0.1, -0.05) is 23.2 Å². The van der Waals surface area contributed by atoms with Crippen molar-refractivity contribution < 1.29 is 5.21 Å². The van der Waals surface area contributed by atoms with E-state index in [1.54, 1.807) is 6.07 Å². The first-order valence-corrected chi connectivity index (χ1v) is 7.95.